The summed E-state index contributed by atoms with van der Waals surface area (Å²) in [5.41, 5.74) is 4.06. The van der Waals surface area contributed by atoms with Crippen LogP contribution in [0.25, 0.3) is 0 Å². The van der Waals surface area contributed by atoms with E-state index in [1.807, 2.05) is 6.92 Å². The summed E-state index contributed by atoms with van der Waals surface area (Å²) in [5, 5.41) is 0. The molecule has 2 atom stereocenters. The summed E-state index contributed by atoms with van der Waals surface area (Å²) in [6.07, 6.45) is 14.6. The first-order valence-corrected chi connectivity index (χ1v) is 10.5. The molecule has 27 heavy (non-hydrogen) atoms. The lowest BCUT2D eigenvalue weighted by atomic mass is 9.65. The van der Waals surface area contributed by atoms with Crippen LogP contribution in [-0.2, 0) is 9.53 Å². The van der Waals surface area contributed by atoms with Crippen molar-refractivity contribution >= 4 is 5.78 Å². The Morgan fingerprint density at radius 1 is 1.11 bits per heavy atom. The number of ketones is 1. The van der Waals surface area contributed by atoms with Crippen molar-refractivity contribution in [3.05, 3.63) is 46.8 Å². The van der Waals surface area contributed by atoms with Gasteiger partial charge in [0.2, 0.25) is 0 Å². The van der Waals surface area contributed by atoms with Gasteiger partial charge in [0.1, 0.15) is 5.76 Å². The van der Waals surface area contributed by atoms with Gasteiger partial charge in [0.05, 0.1) is 6.61 Å². The maximum absolute atomic E-state index is 12.8. The van der Waals surface area contributed by atoms with Crippen LogP contribution in [-0.4, -0.2) is 12.4 Å². The molecule has 2 heteroatoms. The summed E-state index contributed by atoms with van der Waals surface area (Å²) in [6.45, 7) is 15.6. The molecule has 0 aromatic rings. The van der Waals surface area contributed by atoms with Gasteiger partial charge in [-0.15, -0.1) is 0 Å². The predicted octanol–water partition coefficient (Wildman–Crippen LogP) is 7.33. The van der Waals surface area contributed by atoms with Gasteiger partial charge < -0.3 is 4.74 Å². The van der Waals surface area contributed by atoms with Crippen molar-refractivity contribution in [3.8, 4) is 0 Å². The van der Waals surface area contributed by atoms with Crippen molar-refractivity contribution in [2.75, 3.05) is 6.61 Å². The Bertz CT molecular complexity index is 610. The van der Waals surface area contributed by atoms with E-state index in [1.165, 1.54) is 16.7 Å². The van der Waals surface area contributed by atoms with Gasteiger partial charge in [0.15, 0.2) is 5.78 Å². The number of rotatable bonds is 10. The molecule has 0 aromatic heterocycles. The number of carbonyl (C=O) groups is 1. The molecule has 0 aliphatic heterocycles. The summed E-state index contributed by atoms with van der Waals surface area (Å²) >= 11 is 0. The zero-order chi connectivity index (χ0) is 20.4. The summed E-state index contributed by atoms with van der Waals surface area (Å²) in [6, 6.07) is 0. The monoisotopic (exact) mass is 372 g/mol. The van der Waals surface area contributed by atoms with E-state index < -0.39 is 0 Å². The molecular formula is C25H40O2. The number of allylic oxidation sites excluding steroid dienone is 8. The van der Waals surface area contributed by atoms with Crippen LogP contribution in [0.2, 0.25) is 0 Å². The van der Waals surface area contributed by atoms with E-state index in [2.05, 4.69) is 59.8 Å². The first-order valence-electron chi connectivity index (χ1n) is 10.5. The Balaban J connectivity index is 2.84. The predicted molar refractivity (Wildman–Crippen MR) is 117 cm³/mol. The minimum absolute atomic E-state index is 0.0427. The molecule has 2 nitrogen and oxygen atoms in total. The van der Waals surface area contributed by atoms with Crippen LogP contribution in [0, 0.1) is 11.3 Å². The van der Waals surface area contributed by atoms with Crippen LogP contribution in [0.1, 0.15) is 87.0 Å². The second-order valence-corrected chi connectivity index (χ2v) is 8.76. The van der Waals surface area contributed by atoms with Gasteiger partial charge in [0.25, 0.3) is 0 Å². The molecule has 1 aliphatic carbocycles. The molecule has 0 heterocycles. The van der Waals surface area contributed by atoms with E-state index in [1.54, 1.807) is 6.08 Å². The molecule has 152 valence electrons. The summed E-state index contributed by atoms with van der Waals surface area (Å²) in [4.78, 5) is 12.8. The van der Waals surface area contributed by atoms with E-state index >= 15 is 0 Å². The Morgan fingerprint density at radius 2 is 1.78 bits per heavy atom. The molecule has 1 rings (SSSR count). The van der Waals surface area contributed by atoms with Gasteiger partial charge in [-0.3, -0.25) is 4.79 Å². The standard InChI is InChI=1S/C25H40O2/c1-8-27-22-17-24(26)23(15-14-20(4)5)25(7,18-22)16-10-13-21(6)12-9-11-19(2)3/h11,13-14,17,23H,8-10,12,15-16,18H2,1-7H3/b21-13+/t23-,25-/m0/s1. The van der Waals surface area contributed by atoms with E-state index in [0.717, 1.165) is 44.3 Å². The number of hydrogen-bond donors (Lipinski definition) is 0. The highest BCUT2D eigenvalue weighted by atomic mass is 16.5. The fourth-order valence-corrected chi connectivity index (χ4v) is 3.81. The van der Waals surface area contributed by atoms with E-state index in [-0.39, 0.29) is 17.1 Å². The van der Waals surface area contributed by atoms with Gasteiger partial charge in [-0.05, 0) is 79.1 Å². The average Bonchev–Trinajstić information content (AvgIpc) is 2.53. The second-order valence-electron chi connectivity index (χ2n) is 8.76. The molecule has 0 radical (unpaired) electrons. The van der Waals surface area contributed by atoms with Crippen molar-refractivity contribution in [1.29, 1.82) is 0 Å². The molecule has 0 fully saturated rings. The van der Waals surface area contributed by atoms with Gasteiger partial charge in [-0.1, -0.05) is 41.9 Å². The number of carbonyl (C=O) groups excluding carboxylic acids is 1. The van der Waals surface area contributed by atoms with Crippen LogP contribution in [0.4, 0.5) is 0 Å². The summed E-state index contributed by atoms with van der Waals surface area (Å²) < 4.78 is 5.73. The highest BCUT2D eigenvalue weighted by Gasteiger charge is 2.41. The lowest BCUT2D eigenvalue weighted by molar-refractivity contribution is -0.123. The van der Waals surface area contributed by atoms with Crippen LogP contribution in [0.15, 0.2) is 46.8 Å². The average molecular weight is 373 g/mol. The summed E-state index contributed by atoms with van der Waals surface area (Å²) in [5.74, 6) is 1.15. The Morgan fingerprint density at radius 3 is 2.37 bits per heavy atom. The second kappa shape index (κ2) is 11.3. The molecule has 0 N–H and O–H groups in total. The van der Waals surface area contributed by atoms with Crippen molar-refractivity contribution < 1.29 is 9.53 Å². The highest BCUT2D eigenvalue weighted by molar-refractivity contribution is 5.93. The molecule has 1 aliphatic rings. The van der Waals surface area contributed by atoms with E-state index in [4.69, 9.17) is 4.74 Å². The molecule has 0 bridgehead atoms. The van der Waals surface area contributed by atoms with Crippen molar-refractivity contribution in [1.82, 2.24) is 0 Å². The SMILES string of the molecule is CCOC1=CC(=O)[C@H](CC=C(C)C)[C@@](C)(CC/C=C(\C)CCC=C(C)C)C1. The third-order valence-electron chi connectivity index (χ3n) is 5.46. The van der Waals surface area contributed by atoms with Crippen LogP contribution in [0.5, 0.6) is 0 Å². The smallest absolute Gasteiger partial charge is 0.162 e. The first-order chi connectivity index (χ1) is 12.7. The largest absolute Gasteiger partial charge is 0.498 e. The Hall–Kier alpha value is -1.57. The normalized spacial score (nSPS) is 22.9. The first kappa shape index (κ1) is 23.5. The van der Waals surface area contributed by atoms with E-state index in [9.17, 15) is 4.79 Å². The Labute approximate surface area is 167 Å². The van der Waals surface area contributed by atoms with Crippen LogP contribution in [0.3, 0.4) is 0 Å². The number of hydrogen-bond acceptors (Lipinski definition) is 2. The van der Waals surface area contributed by atoms with E-state index in [0.29, 0.717) is 6.61 Å². The Kier molecular flexibility index (Phi) is 9.83. The molecular weight excluding hydrogens is 332 g/mol. The highest BCUT2D eigenvalue weighted by Crippen LogP contribution is 2.45. The van der Waals surface area contributed by atoms with Gasteiger partial charge in [-0.2, -0.15) is 0 Å². The number of ether oxygens (including phenoxy) is 1. The quantitative estimate of drug-likeness (QED) is 0.375. The van der Waals surface area contributed by atoms with Gasteiger partial charge in [0, 0.05) is 18.4 Å². The zero-order valence-electron chi connectivity index (χ0n) is 18.7. The van der Waals surface area contributed by atoms with Crippen molar-refractivity contribution in [3.63, 3.8) is 0 Å². The fraction of sp³-hybridized carbons (Fsp3) is 0.640. The molecule has 0 spiro atoms. The third kappa shape index (κ3) is 8.32. The van der Waals surface area contributed by atoms with Gasteiger partial charge in [-0.25, -0.2) is 0 Å². The molecule has 0 amide bonds. The minimum Gasteiger partial charge on any atom is -0.498 e. The summed E-state index contributed by atoms with van der Waals surface area (Å²) in [7, 11) is 0. The molecule has 0 saturated heterocycles. The molecule has 0 unspecified atom stereocenters. The lowest BCUT2D eigenvalue weighted by Gasteiger charge is -2.39. The van der Waals surface area contributed by atoms with Crippen molar-refractivity contribution in [2.24, 2.45) is 11.3 Å². The maximum atomic E-state index is 12.8. The van der Waals surface area contributed by atoms with Gasteiger partial charge >= 0.3 is 0 Å². The third-order valence-corrected chi connectivity index (χ3v) is 5.46. The molecule has 0 aromatic carbocycles. The topological polar surface area (TPSA) is 26.3 Å². The minimum atomic E-state index is -0.0427. The van der Waals surface area contributed by atoms with Crippen LogP contribution >= 0.6 is 0 Å². The maximum Gasteiger partial charge on any atom is 0.162 e. The van der Waals surface area contributed by atoms with Crippen LogP contribution < -0.4 is 0 Å². The lowest BCUT2D eigenvalue weighted by Crippen LogP contribution is -2.37. The fourth-order valence-electron chi connectivity index (χ4n) is 3.81. The molecule has 0 saturated carbocycles. The van der Waals surface area contributed by atoms with Crippen molar-refractivity contribution in [2.45, 2.75) is 87.0 Å². The zero-order valence-corrected chi connectivity index (χ0v) is 18.7.